The lowest BCUT2D eigenvalue weighted by Crippen LogP contribution is -2.26. The molecule has 0 aromatic carbocycles. The number of fused-ring (bicyclic) bond motifs is 1. The molecule has 2 heterocycles. The van der Waals surface area contributed by atoms with Crippen LogP contribution in [0.5, 0.6) is 0 Å². The van der Waals surface area contributed by atoms with Crippen LogP contribution < -0.4 is 5.32 Å². The van der Waals surface area contributed by atoms with Crippen LogP contribution in [-0.4, -0.2) is 37.0 Å². The number of hydrogen-bond acceptors (Lipinski definition) is 5. The van der Waals surface area contributed by atoms with Crippen molar-refractivity contribution in [1.29, 1.82) is 0 Å². The molecule has 5 nitrogen and oxygen atoms in total. The minimum atomic E-state index is 0.236. The van der Waals surface area contributed by atoms with Gasteiger partial charge in [-0.25, -0.2) is 4.98 Å². The van der Waals surface area contributed by atoms with Crippen molar-refractivity contribution in [3.8, 4) is 0 Å². The monoisotopic (exact) mass is 297 g/mol. The highest BCUT2D eigenvalue weighted by atomic mass is 35.5. The van der Waals surface area contributed by atoms with Gasteiger partial charge in [0, 0.05) is 11.3 Å². The maximum absolute atomic E-state index is 5.94. The van der Waals surface area contributed by atoms with E-state index < -0.39 is 0 Å². The van der Waals surface area contributed by atoms with E-state index in [0.29, 0.717) is 16.9 Å². The van der Waals surface area contributed by atoms with E-state index in [-0.39, 0.29) is 5.28 Å². The molecule has 7 heteroatoms. The second kappa shape index (κ2) is 5.54. The summed E-state index contributed by atoms with van der Waals surface area (Å²) in [6, 6.07) is 0.447. The molecule has 2 atom stereocenters. The van der Waals surface area contributed by atoms with E-state index in [1.165, 1.54) is 19.3 Å². The summed E-state index contributed by atoms with van der Waals surface area (Å²) in [6.07, 6.45) is 5.32. The summed E-state index contributed by atoms with van der Waals surface area (Å²) < 4.78 is 0. The summed E-state index contributed by atoms with van der Waals surface area (Å²) in [5, 5.41) is 4.40. The largest absolute Gasteiger partial charge is 0.364 e. The maximum atomic E-state index is 5.94. The predicted octanol–water partition coefficient (Wildman–Crippen LogP) is 3.09. The van der Waals surface area contributed by atoms with E-state index in [1.807, 2.05) is 11.8 Å². The summed E-state index contributed by atoms with van der Waals surface area (Å²) in [5.41, 5.74) is 1.44. The Bertz CT molecular complexity index is 572. The zero-order chi connectivity index (χ0) is 13.2. The number of H-pyrrole nitrogens is 1. The van der Waals surface area contributed by atoms with Crippen LogP contribution in [0.4, 0.5) is 5.82 Å². The first-order valence-corrected chi connectivity index (χ1v) is 7.95. The second-order valence-corrected chi connectivity index (χ2v) is 6.47. The fourth-order valence-electron chi connectivity index (χ4n) is 2.59. The number of aromatic nitrogens is 4. The molecule has 0 saturated heterocycles. The molecule has 1 saturated carbocycles. The standard InChI is InChI=1S/C12H16ClN5S/c1-2-19-8-5-3-4-7(8)16-11-9-10(15-6-14-9)17-12(13)18-11/h6-8H,2-5H2,1H3,(H2,14,15,16,17,18). The van der Waals surface area contributed by atoms with Gasteiger partial charge >= 0.3 is 0 Å². The van der Waals surface area contributed by atoms with Gasteiger partial charge in [-0.15, -0.1) is 0 Å². The van der Waals surface area contributed by atoms with Crippen molar-refractivity contribution in [2.24, 2.45) is 0 Å². The molecular weight excluding hydrogens is 282 g/mol. The van der Waals surface area contributed by atoms with E-state index in [4.69, 9.17) is 11.6 Å². The van der Waals surface area contributed by atoms with Crippen LogP contribution in [0.3, 0.4) is 0 Å². The molecule has 2 aromatic rings. The van der Waals surface area contributed by atoms with Crippen LogP contribution in [0.15, 0.2) is 6.33 Å². The van der Waals surface area contributed by atoms with Crippen molar-refractivity contribution in [2.45, 2.75) is 37.5 Å². The molecule has 0 amide bonds. The molecule has 0 bridgehead atoms. The maximum Gasteiger partial charge on any atom is 0.226 e. The van der Waals surface area contributed by atoms with Gasteiger partial charge in [0.25, 0.3) is 0 Å². The molecular formula is C12H16ClN5S. The Morgan fingerprint density at radius 2 is 2.37 bits per heavy atom. The molecule has 0 aliphatic heterocycles. The fourth-order valence-corrected chi connectivity index (χ4v) is 3.95. The molecule has 19 heavy (non-hydrogen) atoms. The molecule has 1 fully saturated rings. The third-order valence-corrected chi connectivity index (χ3v) is 4.91. The van der Waals surface area contributed by atoms with E-state index >= 15 is 0 Å². The van der Waals surface area contributed by atoms with Crippen molar-refractivity contribution in [1.82, 2.24) is 19.9 Å². The SMILES string of the molecule is CCSC1CCCC1Nc1nc(Cl)nc2nc[nH]c12. The number of thioether (sulfide) groups is 1. The van der Waals surface area contributed by atoms with E-state index in [9.17, 15) is 0 Å². The van der Waals surface area contributed by atoms with Gasteiger partial charge in [0.05, 0.1) is 6.33 Å². The Morgan fingerprint density at radius 1 is 1.47 bits per heavy atom. The van der Waals surface area contributed by atoms with Crippen LogP contribution in [-0.2, 0) is 0 Å². The quantitative estimate of drug-likeness (QED) is 0.849. The minimum absolute atomic E-state index is 0.236. The highest BCUT2D eigenvalue weighted by Crippen LogP contribution is 2.32. The molecule has 1 aliphatic carbocycles. The highest BCUT2D eigenvalue weighted by Gasteiger charge is 2.28. The lowest BCUT2D eigenvalue weighted by molar-refractivity contribution is 0.763. The smallest absolute Gasteiger partial charge is 0.226 e. The molecule has 2 unspecified atom stereocenters. The normalized spacial score (nSPS) is 23.1. The van der Waals surface area contributed by atoms with Crippen LogP contribution >= 0.6 is 23.4 Å². The van der Waals surface area contributed by atoms with Crippen LogP contribution in [0, 0.1) is 0 Å². The Hall–Kier alpha value is -1.01. The van der Waals surface area contributed by atoms with Gasteiger partial charge in [0.1, 0.15) is 5.52 Å². The van der Waals surface area contributed by atoms with Gasteiger partial charge in [0.2, 0.25) is 5.28 Å². The van der Waals surface area contributed by atoms with Crippen LogP contribution in [0.25, 0.3) is 11.2 Å². The minimum Gasteiger partial charge on any atom is -0.364 e. The molecule has 102 valence electrons. The fraction of sp³-hybridized carbons (Fsp3) is 0.583. The van der Waals surface area contributed by atoms with Gasteiger partial charge in [-0.05, 0) is 30.2 Å². The Morgan fingerprint density at radius 3 is 3.21 bits per heavy atom. The average molecular weight is 298 g/mol. The Labute approximate surface area is 121 Å². The predicted molar refractivity (Wildman–Crippen MR) is 79.9 cm³/mol. The number of halogens is 1. The van der Waals surface area contributed by atoms with Gasteiger partial charge in [-0.1, -0.05) is 13.3 Å². The summed E-state index contributed by atoms with van der Waals surface area (Å²) in [5.74, 6) is 1.91. The van der Waals surface area contributed by atoms with Gasteiger partial charge in [-0.3, -0.25) is 0 Å². The third kappa shape index (κ3) is 2.65. The summed E-state index contributed by atoms with van der Waals surface area (Å²) in [6.45, 7) is 2.20. The number of nitrogens with zero attached hydrogens (tertiary/aromatic N) is 3. The molecule has 2 aromatic heterocycles. The zero-order valence-corrected chi connectivity index (χ0v) is 12.3. The summed E-state index contributed by atoms with van der Waals surface area (Å²) in [7, 11) is 0. The first-order valence-electron chi connectivity index (χ1n) is 6.52. The number of rotatable bonds is 4. The van der Waals surface area contributed by atoms with Crippen molar-refractivity contribution in [2.75, 3.05) is 11.1 Å². The molecule has 1 aliphatic rings. The Kier molecular flexibility index (Phi) is 3.79. The molecule has 2 N–H and O–H groups in total. The number of hydrogen-bond donors (Lipinski definition) is 2. The van der Waals surface area contributed by atoms with E-state index in [0.717, 1.165) is 17.1 Å². The van der Waals surface area contributed by atoms with Crippen molar-refractivity contribution in [3.63, 3.8) is 0 Å². The van der Waals surface area contributed by atoms with E-state index in [1.54, 1.807) is 6.33 Å². The van der Waals surface area contributed by atoms with Gasteiger partial charge in [0.15, 0.2) is 11.5 Å². The van der Waals surface area contributed by atoms with Crippen molar-refractivity contribution >= 4 is 40.3 Å². The molecule has 3 rings (SSSR count). The zero-order valence-electron chi connectivity index (χ0n) is 10.7. The third-order valence-electron chi connectivity index (χ3n) is 3.41. The average Bonchev–Trinajstić information content (AvgIpc) is 2.99. The lowest BCUT2D eigenvalue weighted by Gasteiger charge is -2.20. The lowest BCUT2D eigenvalue weighted by atomic mass is 10.2. The summed E-state index contributed by atoms with van der Waals surface area (Å²) in [4.78, 5) is 15.6. The van der Waals surface area contributed by atoms with Crippen molar-refractivity contribution < 1.29 is 0 Å². The Balaban J connectivity index is 1.86. The van der Waals surface area contributed by atoms with Crippen molar-refractivity contribution in [3.05, 3.63) is 11.6 Å². The number of imidazole rings is 1. The first-order chi connectivity index (χ1) is 9.28. The van der Waals surface area contributed by atoms with Crippen LogP contribution in [0.2, 0.25) is 5.28 Å². The number of nitrogens with one attached hydrogen (secondary N) is 2. The first kappa shape index (κ1) is 13.0. The number of aromatic amines is 1. The topological polar surface area (TPSA) is 66.5 Å². The second-order valence-electron chi connectivity index (χ2n) is 4.62. The van der Waals surface area contributed by atoms with Gasteiger partial charge in [-0.2, -0.15) is 21.7 Å². The van der Waals surface area contributed by atoms with Crippen LogP contribution in [0.1, 0.15) is 26.2 Å². The van der Waals surface area contributed by atoms with E-state index in [2.05, 4.69) is 32.2 Å². The van der Waals surface area contributed by atoms with Gasteiger partial charge < -0.3 is 10.3 Å². The number of anilines is 1. The summed E-state index contributed by atoms with van der Waals surface area (Å²) >= 11 is 7.96. The highest BCUT2D eigenvalue weighted by molar-refractivity contribution is 7.99. The molecule has 0 radical (unpaired) electrons. The molecule has 0 spiro atoms.